The molecule has 0 N–H and O–H groups in total. The SMILES string of the molecule is CC1(C)c2cc(N(c3ccc(-c4ccccc4)cc3)c3ccc4c5c(ccc4c3)-c3ccc4ccccc4c3C5(C)C)ccc2-c2cc3c(cc21)-c1c(ccc2ccccc12)C3(C)C. The van der Waals surface area contributed by atoms with E-state index in [0.29, 0.717) is 0 Å². The number of nitrogens with zero attached hydrogens (tertiary/aromatic N) is 1. The van der Waals surface area contributed by atoms with E-state index in [1.54, 1.807) is 0 Å². The van der Waals surface area contributed by atoms with Gasteiger partial charge in [0.25, 0.3) is 0 Å². The first-order valence-corrected chi connectivity index (χ1v) is 22.9. The van der Waals surface area contributed by atoms with Crippen LogP contribution in [0.2, 0.25) is 0 Å². The highest BCUT2D eigenvalue weighted by Gasteiger charge is 2.43. The molecular formula is C63H49N. The van der Waals surface area contributed by atoms with E-state index in [2.05, 4.69) is 234 Å². The highest BCUT2D eigenvalue weighted by atomic mass is 15.1. The molecule has 3 aliphatic carbocycles. The molecule has 0 saturated carbocycles. The molecule has 1 heteroatoms. The maximum atomic E-state index is 2.55. The zero-order chi connectivity index (χ0) is 43.3. The van der Waals surface area contributed by atoms with Crippen LogP contribution in [0, 0.1) is 0 Å². The molecular weight excluding hydrogens is 771 g/mol. The largest absolute Gasteiger partial charge is 0.310 e. The molecule has 1 nitrogen and oxygen atoms in total. The second-order valence-corrected chi connectivity index (χ2v) is 20.1. The minimum Gasteiger partial charge on any atom is -0.310 e. The molecule has 0 amide bonds. The molecule has 0 radical (unpaired) electrons. The van der Waals surface area contributed by atoms with Gasteiger partial charge in [0.15, 0.2) is 0 Å². The van der Waals surface area contributed by atoms with Crippen LogP contribution in [0.3, 0.4) is 0 Å². The molecule has 0 fully saturated rings. The quantitative estimate of drug-likeness (QED) is 0.171. The number of hydrogen-bond acceptors (Lipinski definition) is 1. The number of hydrogen-bond donors (Lipinski definition) is 0. The fourth-order valence-electron chi connectivity index (χ4n) is 12.4. The number of anilines is 3. The van der Waals surface area contributed by atoms with Crippen molar-refractivity contribution in [2.24, 2.45) is 0 Å². The predicted octanol–water partition coefficient (Wildman–Crippen LogP) is 17.2. The van der Waals surface area contributed by atoms with Crippen molar-refractivity contribution in [1.29, 1.82) is 0 Å². The molecule has 0 spiro atoms. The molecule has 0 unspecified atom stereocenters. The standard InChI is InChI=1S/C63H49N/c1-61(2)54-33-24-40-16-10-12-18-46(40)58(54)53-37-56-52(36-57(53)61)49-32-28-45(35-55(49)62(56,3)4)64(43-25-20-39(21-26-43)38-14-8-7-9-15-38)44-27-31-48-42(34-44)23-30-51-50-29-22-41-17-11-13-19-47(41)59(50)63(5,6)60(48)51/h7-37H,1-6H3. The normalized spacial score (nSPS) is 15.4. The summed E-state index contributed by atoms with van der Waals surface area (Å²) in [5.74, 6) is 0. The third-order valence-corrected chi connectivity index (χ3v) is 15.6. The Hall–Kier alpha value is -7.22. The zero-order valence-electron chi connectivity index (χ0n) is 37.3. The van der Waals surface area contributed by atoms with Crippen LogP contribution in [0.1, 0.15) is 74.9 Å². The van der Waals surface area contributed by atoms with Crippen LogP contribution in [0.5, 0.6) is 0 Å². The second-order valence-electron chi connectivity index (χ2n) is 20.1. The lowest BCUT2D eigenvalue weighted by Gasteiger charge is -2.29. The molecule has 0 heterocycles. The van der Waals surface area contributed by atoms with E-state index < -0.39 is 0 Å². The van der Waals surface area contributed by atoms with Gasteiger partial charge in [-0.05, 0) is 159 Å². The topological polar surface area (TPSA) is 3.24 Å². The molecule has 64 heavy (non-hydrogen) atoms. The van der Waals surface area contributed by atoms with Crippen LogP contribution >= 0.6 is 0 Å². The van der Waals surface area contributed by atoms with Crippen LogP contribution in [-0.4, -0.2) is 0 Å². The smallest absolute Gasteiger partial charge is 0.0468 e. The molecule has 0 atom stereocenters. The lowest BCUT2D eigenvalue weighted by molar-refractivity contribution is 0.652. The monoisotopic (exact) mass is 819 g/mol. The van der Waals surface area contributed by atoms with Gasteiger partial charge in [-0.2, -0.15) is 0 Å². The van der Waals surface area contributed by atoms with E-state index in [1.807, 2.05) is 0 Å². The van der Waals surface area contributed by atoms with Gasteiger partial charge in [0.2, 0.25) is 0 Å². The zero-order valence-corrected chi connectivity index (χ0v) is 37.3. The summed E-state index contributed by atoms with van der Waals surface area (Å²) in [6.07, 6.45) is 0. The maximum absolute atomic E-state index is 2.55. The number of rotatable bonds is 4. The highest BCUT2D eigenvalue weighted by Crippen LogP contribution is 2.59. The minimum absolute atomic E-state index is 0.0960. The lowest BCUT2D eigenvalue weighted by Crippen LogP contribution is -2.17. The van der Waals surface area contributed by atoms with Crippen LogP contribution in [0.25, 0.3) is 76.8 Å². The summed E-state index contributed by atoms with van der Waals surface area (Å²) < 4.78 is 0. The summed E-state index contributed by atoms with van der Waals surface area (Å²) in [4.78, 5) is 2.47. The first-order chi connectivity index (χ1) is 31.0. The van der Waals surface area contributed by atoms with Gasteiger partial charge in [0.1, 0.15) is 0 Å². The Kier molecular flexibility index (Phi) is 7.54. The second kappa shape index (κ2) is 12.9. The van der Waals surface area contributed by atoms with Gasteiger partial charge in [-0.3, -0.25) is 0 Å². The molecule has 10 aromatic rings. The van der Waals surface area contributed by atoms with Crippen LogP contribution in [0.15, 0.2) is 188 Å². The van der Waals surface area contributed by atoms with Crippen molar-refractivity contribution in [2.75, 3.05) is 4.90 Å². The summed E-state index contributed by atoms with van der Waals surface area (Å²) in [6.45, 7) is 14.5. The minimum atomic E-state index is -0.204. The van der Waals surface area contributed by atoms with Crippen molar-refractivity contribution in [2.45, 2.75) is 57.8 Å². The van der Waals surface area contributed by atoms with Crippen molar-refractivity contribution in [1.82, 2.24) is 0 Å². The Morgan fingerprint density at radius 1 is 0.297 bits per heavy atom. The summed E-state index contributed by atoms with van der Waals surface area (Å²) in [6, 6.07) is 71.1. The molecule has 306 valence electrons. The van der Waals surface area contributed by atoms with Gasteiger partial charge >= 0.3 is 0 Å². The predicted molar refractivity (Wildman–Crippen MR) is 272 cm³/mol. The van der Waals surface area contributed by atoms with Crippen LogP contribution in [-0.2, 0) is 16.2 Å². The lowest BCUT2D eigenvalue weighted by atomic mass is 9.78. The molecule has 13 rings (SSSR count). The van der Waals surface area contributed by atoms with Crippen LogP contribution < -0.4 is 4.90 Å². The molecule has 3 aliphatic rings. The third-order valence-electron chi connectivity index (χ3n) is 15.6. The number of fused-ring (bicyclic) bond motifs is 15. The van der Waals surface area contributed by atoms with E-state index >= 15 is 0 Å². The average molecular weight is 820 g/mol. The Morgan fingerprint density at radius 2 is 0.797 bits per heavy atom. The van der Waals surface area contributed by atoms with E-state index in [1.165, 1.54) is 110 Å². The van der Waals surface area contributed by atoms with E-state index in [4.69, 9.17) is 0 Å². The van der Waals surface area contributed by atoms with Gasteiger partial charge in [-0.25, -0.2) is 0 Å². The fourth-order valence-corrected chi connectivity index (χ4v) is 12.4. The highest BCUT2D eigenvalue weighted by molar-refractivity contribution is 6.06. The Labute approximate surface area is 376 Å². The van der Waals surface area contributed by atoms with Gasteiger partial charge in [-0.15, -0.1) is 0 Å². The summed E-state index contributed by atoms with van der Waals surface area (Å²) >= 11 is 0. The molecule has 10 aromatic carbocycles. The summed E-state index contributed by atoms with van der Waals surface area (Å²) in [7, 11) is 0. The molecule has 0 bridgehead atoms. The Balaban J connectivity index is 0.962. The molecule has 0 saturated heterocycles. The van der Waals surface area contributed by atoms with E-state index in [9.17, 15) is 0 Å². The van der Waals surface area contributed by atoms with Gasteiger partial charge in [0.05, 0.1) is 0 Å². The molecule has 0 aliphatic heterocycles. The van der Waals surface area contributed by atoms with E-state index in [-0.39, 0.29) is 16.2 Å². The Morgan fingerprint density at radius 3 is 1.55 bits per heavy atom. The Bertz CT molecular complexity index is 3620. The van der Waals surface area contributed by atoms with Gasteiger partial charge in [0, 0.05) is 33.3 Å². The van der Waals surface area contributed by atoms with Crippen LogP contribution in [0.4, 0.5) is 17.1 Å². The van der Waals surface area contributed by atoms with E-state index in [0.717, 1.165) is 17.1 Å². The van der Waals surface area contributed by atoms with Crippen molar-refractivity contribution in [3.8, 4) is 44.5 Å². The van der Waals surface area contributed by atoms with Crippen molar-refractivity contribution in [3.63, 3.8) is 0 Å². The average Bonchev–Trinajstić information content (AvgIpc) is 3.80. The van der Waals surface area contributed by atoms with Gasteiger partial charge < -0.3 is 4.90 Å². The van der Waals surface area contributed by atoms with Crippen molar-refractivity contribution < 1.29 is 0 Å². The fraction of sp³-hybridized carbons (Fsp3) is 0.143. The summed E-state index contributed by atoms with van der Waals surface area (Å²) in [5.41, 5.74) is 22.1. The first-order valence-electron chi connectivity index (χ1n) is 22.9. The maximum Gasteiger partial charge on any atom is 0.0468 e. The van der Waals surface area contributed by atoms with Gasteiger partial charge in [-0.1, -0.05) is 181 Å². The van der Waals surface area contributed by atoms with Crippen molar-refractivity contribution in [3.05, 3.63) is 221 Å². The third kappa shape index (κ3) is 5.01. The van der Waals surface area contributed by atoms with Crippen molar-refractivity contribution >= 4 is 49.4 Å². The number of benzene rings is 10. The molecule has 0 aromatic heterocycles. The summed E-state index contributed by atoms with van der Waals surface area (Å²) in [5, 5.41) is 7.88. The first kappa shape index (κ1) is 37.3.